The Bertz CT molecular complexity index is 740. The first-order valence-corrected chi connectivity index (χ1v) is 8.60. The summed E-state index contributed by atoms with van der Waals surface area (Å²) in [6.07, 6.45) is 2.90. The van der Waals surface area contributed by atoms with Crippen LogP contribution in [0.25, 0.3) is 0 Å². The largest absolute Gasteiger partial charge is 0.493 e. The van der Waals surface area contributed by atoms with Crippen molar-refractivity contribution in [3.05, 3.63) is 23.8 Å². The van der Waals surface area contributed by atoms with Crippen molar-refractivity contribution in [2.45, 2.75) is 38.1 Å². The van der Waals surface area contributed by atoms with Gasteiger partial charge >= 0.3 is 6.03 Å². The SMILES string of the molecule is COc1ccc(C(=O)NN2C(=O)NC3(CCC(C)CC3)C2=O)cc1OC. The van der Waals surface area contributed by atoms with E-state index in [1.165, 1.54) is 26.4 Å². The Hall–Kier alpha value is -2.77. The second kappa shape index (κ2) is 6.86. The number of hydrazine groups is 1. The molecule has 1 aromatic rings. The fraction of sp³-hybridized carbons (Fsp3) is 0.500. The average Bonchev–Trinajstić information content (AvgIpc) is 2.87. The Morgan fingerprint density at radius 1 is 1.19 bits per heavy atom. The molecule has 0 atom stereocenters. The highest BCUT2D eigenvalue weighted by Gasteiger charge is 2.52. The van der Waals surface area contributed by atoms with E-state index in [0.29, 0.717) is 30.3 Å². The van der Waals surface area contributed by atoms with Crippen LogP contribution < -0.4 is 20.2 Å². The number of urea groups is 1. The molecule has 1 spiro atoms. The van der Waals surface area contributed by atoms with Crippen molar-refractivity contribution in [1.82, 2.24) is 15.8 Å². The zero-order valence-electron chi connectivity index (χ0n) is 15.1. The van der Waals surface area contributed by atoms with E-state index in [4.69, 9.17) is 9.47 Å². The smallest absolute Gasteiger partial charge is 0.344 e. The van der Waals surface area contributed by atoms with E-state index >= 15 is 0 Å². The number of methoxy groups -OCH3 is 2. The first-order chi connectivity index (χ1) is 12.4. The van der Waals surface area contributed by atoms with Crippen molar-refractivity contribution >= 4 is 17.8 Å². The van der Waals surface area contributed by atoms with E-state index in [0.717, 1.165) is 17.9 Å². The van der Waals surface area contributed by atoms with Gasteiger partial charge in [-0.15, -0.1) is 0 Å². The van der Waals surface area contributed by atoms with E-state index in [1.807, 2.05) is 0 Å². The van der Waals surface area contributed by atoms with Gasteiger partial charge < -0.3 is 14.8 Å². The molecule has 26 heavy (non-hydrogen) atoms. The second-order valence-electron chi connectivity index (χ2n) is 6.85. The van der Waals surface area contributed by atoms with Crippen LogP contribution in [-0.2, 0) is 4.79 Å². The molecule has 1 saturated carbocycles. The Balaban J connectivity index is 1.75. The van der Waals surface area contributed by atoms with E-state index in [-0.39, 0.29) is 5.56 Å². The zero-order valence-corrected chi connectivity index (χ0v) is 15.1. The topological polar surface area (TPSA) is 97.0 Å². The maximum Gasteiger partial charge on any atom is 0.344 e. The van der Waals surface area contributed by atoms with Gasteiger partial charge in [0.05, 0.1) is 14.2 Å². The number of rotatable bonds is 4. The van der Waals surface area contributed by atoms with Gasteiger partial charge in [0, 0.05) is 5.56 Å². The molecule has 1 aliphatic heterocycles. The Morgan fingerprint density at radius 3 is 2.46 bits per heavy atom. The highest BCUT2D eigenvalue weighted by molar-refractivity contribution is 6.09. The number of carbonyl (C=O) groups excluding carboxylic acids is 3. The molecule has 1 aliphatic carbocycles. The fourth-order valence-corrected chi connectivity index (χ4v) is 3.46. The molecule has 4 amide bonds. The summed E-state index contributed by atoms with van der Waals surface area (Å²) in [5.74, 6) is 0.420. The number of benzene rings is 1. The van der Waals surface area contributed by atoms with Crippen molar-refractivity contribution in [1.29, 1.82) is 0 Å². The number of hydrogen-bond acceptors (Lipinski definition) is 5. The lowest BCUT2D eigenvalue weighted by molar-refractivity contribution is -0.134. The molecule has 0 unspecified atom stereocenters. The first-order valence-electron chi connectivity index (χ1n) is 8.60. The standard InChI is InChI=1S/C18H23N3O5/c1-11-6-8-18(9-7-11)16(23)21(17(24)19-18)20-15(22)12-4-5-13(25-2)14(10-12)26-3/h4-5,10-11H,6-9H2,1-3H3,(H,19,24)(H,20,22). The maximum absolute atomic E-state index is 12.8. The molecule has 2 aliphatic rings. The Labute approximate surface area is 151 Å². The van der Waals surface area contributed by atoms with Crippen LogP contribution in [0.2, 0.25) is 0 Å². The number of nitrogens with zero attached hydrogens (tertiary/aromatic N) is 1. The van der Waals surface area contributed by atoms with Gasteiger partial charge in [-0.25, -0.2) is 4.79 Å². The third-order valence-corrected chi connectivity index (χ3v) is 5.15. The lowest BCUT2D eigenvalue weighted by Crippen LogP contribution is -2.51. The molecule has 3 rings (SSSR count). The summed E-state index contributed by atoms with van der Waals surface area (Å²) in [6, 6.07) is 4.01. The molecule has 0 aromatic heterocycles. The summed E-state index contributed by atoms with van der Waals surface area (Å²) in [4.78, 5) is 37.5. The van der Waals surface area contributed by atoms with Gasteiger partial charge in [-0.2, -0.15) is 5.01 Å². The summed E-state index contributed by atoms with van der Waals surface area (Å²) >= 11 is 0. The minimum Gasteiger partial charge on any atom is -0.493 e. The predicted octanol–water partition coefficient (Wildman–Crippen LogP) is 1.85. The fourth-order valence-electron chi connectivity index (χ4n) is 3.46. The summed E-state index contributed by atoms with van der Waals surface area (Å²) < 4.78 is 10.3. The van der Waals surface area contributed by atoms with Gasteiger partial charge in [-0.05, 0) is 49.8 Å². The monoisotopic (exact) mass is 361 g/mol. The molecule has 8 nitrogen and oxygen atoms in total. The van der Waals surface area contributed by atoms with Crippen molar-refractivity contribution in [3.8, 4) is 11.5 Å². The Kier molecular flexibility index (Phi) is 4.76. The predicted molar refractivity (Wildman–Crippen MR) is 92.8 cm³/mol. The lowest BCUT2D eigenvalue weighted by atomic mass is 9.77. The molecular formula is C18H23N3O5. The van der Waals surface area contributed by atoms with Crippen molar-refractivity contribution in [2.24, 2.45) is 5.92 Å². The maximum atomic E-state index is 12.8. The number of hydrogen-bond donors (Lipinski definition) is 2. The molecule has 1 heterocycles. The van der Waals surface area contributed by atoms with Crippen LogP contribution >= 0.6 is 0 Å². The molecular weight excluding hydrogens is 338 g/mol. The Morgan fingerprint density at radius 2 is 1.85 bits per heavy atom. The number of imide groups is 1. The minimum absolute atomic E-state index is 0.251. The minimum atomic E-state index is -0.894. The normalized spacial score (nSPS) is 25.2. The van der Waals surface area contributed by atoms with E-state index in [1.54, 1.807) is 6.07 Å². The van der Waals surface area contributed by atoms with Gasteiger partial charge in [0.1, 0.15) is 5.54 Å². The second-order valence-corrected chi connectivity index (χ2v) is 6.85. The summed E-state index contributed by atoms with van der Waals surface area (Å²) in [5.41, 5.74) is 1.76. The molecule has 8 heteroatoms. The van der Waals surface area contributed by atoms with E-state index in [9.17, 15) is 14.4 Å². The molecule has 0 radical (unpaired) electrons. The number of carbonyl (C=O) groups is 3. The van der Waals surface area contributed by atoms with Crippen LogP contribution in [0.4, 0.5) is 4.79 Å². The summed E-state index contributed by atoms with van der Waals surface area (Å²) in [6.45, 7) is 2.13. The third kappa shape index (κ3) is 3.07. The first kappa shape index (κ1) is 18.0. The highest BCUT2D eigenvalue weighted by atomic mass is 16.5. The molecule has 2 fully saturated rings. The number of amides is 4. The van der Waals surface area contributed by atoms with Crippen molar-refractivity contribution in [2.75, 3.05) is 14.2 Å². The van der Waals surface area contributed by atoms with E-state index in [2.05, 4.69) is 17.7 Å². The van der Waals surface area contributed by atoms with Crippen LogP contribution in [0.5, 0.6) is 11.5 Å². The number of nitrogens with one attached hydrogen (secondary N) is 2. The van der Waals surface area contributed by atoms with Crippen LogP contribution in [0.3, 0.4) is 0 Å². The molecule has 0 bridgehead atoms. The van der Waals surface area contributed by atoms with Crippen LogP contribution in [-0.4, -0.2) is 42.6 Å². The third-order valence-electron chi connectivity index (χ3n) is 5.15. The zero-order chi connectivity index (χ0) is 18.9. The van der Waals surface area contributed by atoms with Gasteiger partial charge in [0.25, 0.3) is 11.8 Å². The average molecular weight is 361 g/mol. The molecule has 1 aromatic carbocycles. The summed E-state index contributed by atoms with van der Waals surface area (Å²) in [7, 11) is 2.96. The quantitative estimate of drug-likeness (QED) is 0.798. The lowest BCUT2D eigenvalue weighted by Gasteiger charge is -2.33. The molecule has 2 N–H and O–H groups in total. The van der Waals surface area contributed by atoms with Crippen molar-refractivity contribution < 1.29 is 23.9 Å². The van der Waals surface area contributed by atoms with Crippen LogP contribution in [0.1, 0.15) is 43.0 Å². The summed E-state index contributed by atoms with van der Waals surface area (Å²) in [5, 5.41) is 3.55. The molecule has 1 saturated heterocycles. The number of ether oxygens (including phenoxy) is 2. The van der Waals surface area contributed by atoms with Gasteiger partial charge in [0.2, 0.25) is 0 Å². The highest BCUT2D eigenvalue weighted by Crippen LogP contribution is 2.36. The van der Waals surface area contributed by atoms with Gasteiger partial charge in [0.15, 0.2) is 11.5 Å². The van der Waals surface area contributed by atoms with Gasteiger partial charge in [-0.3, -0.25) is 15.0 Å². The van der Waals surface area contributed by atoms with Gasteiger partial charge in [-0.1, -0.05) is 6.92 Å². The van der Waals surface area contributed by atoms with Crippen LogP contribution in [0, 0.1) is 5.92 Å². The van der Waals surface area contributed by atoms with Crippen molar-refractivity contribution in [3.63, 3.8) is 0 Å². The van der Waals surface area contributed by atoms with E-state index < -0.39 is 23.4 Å². The van der Waals surface area contributed by atoms with Crippen LogP contribution in [0.15, 0.2) is 18.2 Å². The molecule has 140 valence electrons.